The molecular formula is C10H11ClO2. The van der Waals surface area contributed by atoms with Gasteiger partial charge in [0, 0.05) is 12.0 Å². The van der Waals surface area contributed by atoms with E-state index in [0.29, 0.717) is 18.1 Å². The van der Waals surface area contributed by atoms with Crippen molar-refractivity contribution >= 4 is 17.6 Å². The third-order valence-electron chi connectivity index (χ3n) is 1.63. The zero-order valence-corrected chi connectivity index (χ0v) is 8.17. The number of esters is 1. The Balaban J connectivity index is 2.81. The molecule has 1 rings (SSSR count). The lowest BCUT2D eigenvalue weighted by atomic mass is 10.2. The summed E-state index contributed by atoms with van der Waals surface area (Å²) in [6.45, 7) is 1.76. The number of para-hydroxylation sites is 1. The molecule has 0 unspecified atom stereocenters. The highest BCUT2D eigenvalue weighted by molar-refractivity contribution is 6.17. The van der Waals surface area contributed by atoms with Gasteiger partial charge in [0.1, 0.15) is 5.75 Å². The van der Waals surface area contributed by atoms with Crippen LogP contribution in [0.1, 0.15) is 18.9 Å². The normalized spacial score (nSPS) is 9.69. The van der Waals surface area contributed by atoms with Gasteiger partial charge in [-0.2, -0.15) is 0 Å². The fraction of sp³-hybridized carbons (Fsp3) is 0.300. The molecule has 0 bridgehead atoms. The molecule has 0 amide bonds. The first-order valence-corrected chi connectivity index (χ1v) is 4.66. The zero-order chi connectivity index (χ0) is 9.68. The van der Waals surface area contributed by atoms with Gasteiger partial charge in [0.05, 0.1) is 5.88 Å². The van der Waals surface area contributed by atoms with Crippen LogP contribution in [0, 0.1) is 0 Å². The molecule has 0 fully saturated rings. The summed E-state index contributed by atoms with van der Waals surface area (Å²) in [4.78, 5) is 11.0. The minimum atomic E-state index is -0.238. The fourth-order valence-electron chi connectivity index (χ4n) is 0.909. The van der Waals surface area contributed by atoms with Gasteiger partial charge in [-0.1, -0.05) is 25.1 Å². The second-order valence-corrected chi connectivity index (χ2v) is 2.84. The lowest BCUT2D eigenvalue weighted by Crippen LogP contribution is -2.06. The van der Waals surface area contributed by atoms with Gasteiger partial charge in [-0.05, 0) is 6.07 Å². The van der Waals surface area contributed by atoms with Crippen molar-refractivity contribution in [2.24, 2.45) is 0 Å². The summed E-state index contributed by atoms with van der Waals surface area (Å²) in [5.74, 6) is 0.676. The molecule has 0 atom stereocenters. The summed E-state index contributed by atoms with van der Waals surface area (Å²) in [5.41, 5.74) is 0.839. The Labute approximate surface area is 82.5 Å². The predicted octanol–water partition coefficient (Wildman–Crippen LogP) is 2.74. The molecule has 0 N–H and O–H groups in total. The zero-order valence-electron chi connectivity index (χ0n) is 7.42. The van der Waals surface area contributed by atoms with Crippen molar-refractivity contribution in [1.82, 2.24) is 0 Å². The molecule has 0 heterocycles. The van der Waals surface area contributed by atoms with Crippen LogP contribution in [0.2, 0.25) is 0 Å². The van der Waals surface area contributed by atoms with E-state index >= 15 is 0 Å². The largest absolute Gasteiger partial charge is 0.426 e. The quantitative estimate of drug-likeness (QED) is 0.424. The van der Waals surface area contributed by atoms with Crippen LogP contribution < -0.4 is 4.74 Å². The third kappa shape index (κ3) is 2.74. The van der Waals surface area contributed by atoms with Crippen molar-refractivity contribution in [2.45, 2.75) is 19.2 Å². The molecule has 1 aromatic rings. The monoisotopic (exact) mass is 198 g/mol. The number of rotatable bonds is 3. The highest BCUT2D eigenvalue weighted by Crippen LogP contribution is 2.19. The maximum Gasteiger partial charge on any atom is 0.310 e. The molecule has 0 aromatic heterocycles. The van der Waals surface area contributed by atoms with Gasteiger partial charge in [0.25, 0.3) is 0 Å². The van der Waals surface area contributed by atoms with E-state index in [2.05, 4.69) is 0 Å². The second kappa shape index (κ2) is 4.87. The summed E-state index contributed by atoms with van der Waals surface area (Å²) in [7, 11) is 0. The van der Waals surface area contributed by atoms with Crippen molar-refractivity contribution in [3.05, 3.63) is 29.8 Å². The number of carbonyl (C=O) groups is 1. The van der Waals surface area contributed by atoms with E-state index in [1.54, 1.807) is 13.0 Å². The highest BCUT2D eigenvalue weighted by Gasteiger charge is 2.05. The van der Waals surface area contributed by atoms with Crippen molar-refractivity contribution < 1.29 is 9.53 Å². The molecule has 70 valence electrons. The second-order valence-electron chi connectivity index (χ2n) is 2.57. The van der Waals surface area contributed by atoms with Crippen LogP contribution in [0.15, 0.2) is 24.3 Å². The molecule has 13 heavy (non-hydrogen) atoms. The summed E-state index contributed by atoms with van der Waals surface area (Å²) < 4.78 is 5.06. The van der Waals surface area contributed by atoms with E-state index in [1.165, 1.54) is 0 Å². The summed E-state index contributed by atoms with van der Waals surface area (Å²) in [6, 6.07) is 7.26. The lowest BCUT2D eigenvalue weighted by molar-refractivity contribution is -0.134. The van der Waals surface area contributed by atoms with E-state index < -0.39 is 0 Å². The Morgan fingerprint density at radius 3 is 2.77 bits per heavy atom. The van der Waals surface area contributed by atoms with E-state index in [1.807, 2.05) is 18.2 Å². The van der Waals surface area contributed by atoms with Gasteiger partial charge in [-0.15, -0.1) is 11.6 Å². The van der Waals surface area contributed by atoms with Crippen LogP contribution in [0.5, 0.6) is 5.75 Å². The molecule has 0 aliphatic heterocycles. The summed E-state index contributed by atoms with van der Waals surface area (Å²) in [6.07, 6.45) is 0.372. The van der Waals surface area contributed by atoms with Gasteiger partial charge in [0.15, 0.2) is 0 Å². The number of benzene rings is 1. The first-order valence-electron chi connectivity index (χ1n) is 4.12. The standard InChI is InChI=1S/C10H11ClO2/c1-2-10(12)13-9-6-4-3-5-8(9)7-11/h3-6H,2,7H2,1H3. The number of ether oxygens (including phenoxy) is 1. The topological polar surface area (TPSA) is 26.3 Å². The average Bonchev–Trinajstić information content (AvgIpc) is 2.18. The van der Waals surface area contributed by atoms with Gasteiger partial charge in [-0.25, -0.2) is 0 Å². The molecule has 1 aromatic carbocycles. The van der Waals surface area contributed by atoms with Gasteiger partial charge in [-0.3, -0.25) is 4.79 Å². The molecule has 2 nitrogen and oxygen atoms in total. The molecule has 0 aliphatic carbocycles. The van der Waals surface area contributed by atoms with Crippen LogP contribution in [0.3, 0.4) is 0 Å². The Morgan fingerprint density at radius 1 is 1.46 bits per heavy atom. The summed E-state index contributed by atoms with van der Waals surface area (Å²) >= 11 is 5.67. The van der Waals surface area contributed by atoms with Crippen LogP contribution in [0.4, 0.5) is 0 Å². The van der Waals surface area contributed by atoms with E-state index in [-0.39, 0.29) is 5.97 Å². The predicted molar refractivity (Wildman–Crippen MR) is 51.9 cm³/mol. The number of hydrogen-bond acceptors (Lipinski definition) is 2. The van der Waals surface area contributed by atoms with Crippen molar-refractivity contribution in [1.29, 1.82) is 0 Å². The van der Waals surface area contributed by atoms with Crippen LogP contribution >= 0.6 is 11.6 Å². The SMILES string of the molecule is CCC(=O)Oc1ccccc1CCl. The Kier molecular flexibility index (Phi) is 3.77. The number of carbonyl (C=O) groups excluding carboxylic acids is 1. The molecule has 0 radical (unpaired) electrons. The lowest BCUT2D eigenvalue weighted by Gasteiger charge is -2.06. The molecule has 0 aliphatic rings. The van der Waals surface area contributed by atoms with Crippen molar-refractivity contribution in [2.75, 3.05) is 0 Å². The number of halogens is 1. The van der Waals surface area contributed by atoms with Crippen molar-refractivity contribution in [3.63, 3.8) is 0 Å². The van der Waals surface area contributed by atoms with Crippen LogP contribution in [0.25, 0.3) is 0 Å². The number of alkyl halides is 1. The minimum absolute atomic E-state index is 0.238. The number of hydrogen-bond donors (Lipinski definition) is 0. The maximum absolute atomic E-state index is 11.0. The third-order valence-corrected chi connectivity index (χ3v) is 1.92. The van der Waals surface area contributed by atoms with E-state index in [9.17, 15) is 4.79 Å². The van der Waals surface area contributed by atoms with Crippen LogP contribution in [-0.4, -0.2) is 5.97 Å². The smallest absolute Gasteiger partial charge is 0.310 e. The minimum Gasteiger partial charge on any atom is -0.426 e. The fourth-order valence-corrected chi connectivity index (χ4v) is 1.13. The molecular weight excluding hydrogens is 188 g/mol. The van der Waals surface area contributed by atoms with E-state index in [4.69, 9.17) is 16.3 Å². The molecule has 0 saturated carbocycles. The van der Waals surface area contributed by atoms with Gasteiger partial charge in [0.2, 0.25) is 0 Å². The average molecular weight is 199 g/mol. The molecule has 0 saturated heterocycles. The van der Waals surface area contributed by atoms with Crippen LogP contribution in [-0.2, 0) is 10.7 Å². The molecule has 3 heteroatoms. The van der Waals surface area contributed by atoms with Crippen molar-refractivity contribution in [3.8, 4) is 5.75 Å². The van der Waals surface area contributed by atoms with Gasteiger partial charge < -0.3 is 4.74 Å². The van der Waals surface area contributed by atoms with Gasteiger partial charge >= 0.3 is 5.97 Å². The highest BCUT2D eigenvalue weighted by atomic mass is 35.5. The Bertz CT molecular complexity index is 297. The Hall–Kier alpha value is -1.02. The summed E-state index contributed by atoms with van der Waals surface area (Å²) in [5, 5.41) is 0. The van der Waals surface area contributed by atoms with E-state index in [0.717, 1.165) is 5.56 Å². The molecule has 0 spiro atoms. The first-order chi connectivity index (χ1) is 6.27. The first kappa shape index (κ1) is 10.1. The maximum atomic E-state index is 11.0. The Morgan fingerprint density at radius 2 is 2.15 bits per heavy atom.